The van der Waals surface area contributed by atoms with Crippen molar-refractivity contribution in [1.29, 1.82) is 0 Å². The van der Waals surface area contributed by atoms with Gasteiger partial charge in [-0.2, -0.15) is 11.8 Å². The molecular formula is C17H25NO2S. The first-order valence-electron chi connectivity index (χ1n) is 7.66. The summed E-state index contributed by atoms with van der Waals surface area (Å²) in [7, 11) is 0. The number of carbonyl (C=O) groups is 1. The fourth-order valence-corrected chi connectivity index (χ4v) is 3.48. The Morgan fingerprint density at radius 2 is 2.05 bits per heavy atom. The number of benzene rings is 1. The van der Waals surface area contributed by atoms with E-state index < -0.39 is 5.60 Å². The van der Waals surface area contributed by atoms with E-state index in [1.807, 2.05) is 30.8 Å². The minimum Gasteiger partial charge on any atom is -0.380 e. The van der Waals surface area contributed by atoms with Crippen molar-refractivity contribution in [1.82, 2.24) is 0 Å². The summed E-state index contributed by atoms with van der Waals surface area (Å²) in [5.74, 6) is 0.689. The molecule has 1 aliphatic rings. The van der Waals surface area contributed by atoms with Crippen LogP contribution in [0.3, 0.4) is 0 Å². The maximum Gasteiger partial charge on any atom is 0.256 e. The molecule has 116 valence electrons. The van der Waals surface area contributed by atoms with Crippen LogP contribution in [0.25, 0.3) is 0 Å². The second-order valence-corrected chi connectivity index (χ2v) is 7.71. The van der Waals surface area contributed by atoms with Crippen LogP contribution in [0.15, 0.2) is 18.2 Å². The average Bonchev–Trinajstić information content (AvgIpc) is 2.88. The van der Waals surface area contributed by atoms with Crippen molar-refractivity contribution < 1.29 is 9.90 Å². The molecule has 1 saturated carbocycles. The molecule has 0 heterocycles. The third-order valence-electron chi connectivity index (χ3n) is 4.12. The van der Waals surface area contributed by atoms with Crippen LogP contribution in [0.1, 0.15) is 50.7 Å². The van der Waals surface area contributed by atoms with Crippen LogP contribution in [-0.2, 0) is 10.5 Å². The highest BCUT2D eigenvalue weighted by molar-refractivity contribution is 7.99. The first-order chi connectivity index (χ1) is 9.92. The maximum atomic E-state index is 12.3. The highest BCUT2D eigenvalue weighted by atomic mass is 32.2. The predicted molar refractivity (Wildman–Crippen MR) is 89.7 cm³/mol. The molecule has 0 radical (unpaired) electrons. The molecule has 4 heteroatoms. The number of nitrogens with one attached hydrogen (secondary N) is 1. The predicted octanol–water partition coefficient (Wildman–Crippen LogP) is 3.88. The number of anilines is 1. The van der Waals surface area contributed by atoms with Crippen molar-refractivity contribution in [2.75, 3.05) is 5.32 Å². The van der Waals surface area contributed by atoms with Gasteiger partial charge in [0.25, 0.3) is 5.91 Å². The molecule has 0 bridgehead atoms. The minimum atomic E-state index is -1.17. The lowest BCUT2D eigenvalue weighted by Gasteiger charge is -2.22. The van der Waals surface area contributed by atoms with E-state index in [9.17, 15) is 9.90 Å². The Hall–Kier alpha value is -1.00. The van der Waals surface area contributed by atoms with Gasteiger partial charge in [-0.3, -0.25) is 4.79 Å². The van der Waals surface area contributed by atoms with Gasteiger partial charge in [-0.25, -0.2) is 0 Å². The van der Waals surface area contributed by atoms with E-state index >= 15 is 0 Å². The van der Waals surface area contributed by atoms with Crippen molar-refractivity contribution in [3.8, 4) is 0 Å². The Morgan fingerprint density at radius 3 is 2.67 bits per heavy atom. The lowest BCUT2D eigenvalue weighted by atomic mass is 10.0. The molecule has 1 amide bonds. The first kappa shape index (κ1) is 16.4. The Morgan fingerprint density at radius 1 is 1.38 bits per heavy atom. The summed E-state index contributed by atoms with van der Waals surface area (Å²) in [6.07, 6.45) is 2.99. The number of hydrogen-bond acceptors (Lipinski definition) is 3. The number of thioether (sulfide) groups is 1. The van der Waals surface area contributed by atoms with E-state index in [4.69, 9.17) is 0 Å². The number of carbonyl (C=O) groups excluding carboxylic acids is 1. The summed E-state index contributed by atoms with van der Waals surface area (Å²) in [5.41, 5.74) is 1.99. The first-order valence-corrected chi connectivity index (χ1v) is 8.71. The Kier molecular flexibility index (Phi) is 5.33. The fourth-order valence-electron chi connectivity index (χ4n) is 2.66. The highest BCUT2D eigenvalue weighted by Crippen LogP contribution is 2.31. The smallest absolute Gasteiger partial charge is 0.256 e. The molecule has 1 aromatic rings. The number of aliphatic hydroxyl groups is 1. The third kappa shape index (κ3) is 4.01. The lowest BCUT2D eigenvalue weighted by molar-refractivity contribution is -0.133. The summed E-state index contributed by atoms with van der Waals surface area (Å²) >= 11 is 1.89. The van der Waals surface area contributed by atoms with Gasteiger partial charge in [-0.05, 0) is 55.1 Å². The zero-order chi connectivity index (χ0) is 15.5. The van der Waals surface area contributed by atoms with Crippen molar-refractivity contribution in [3.63, 3.8) is 0 Å². The zero-order valence-electron chi connectivity index (χ0n) is 13.1. The van der Waals surface area contributed by atoms with E-state index in [2.05, 4.69) is 25.2 Å². The highest BCUT2D eigenvalue weighted by Gasteiger charge is 2.38. The summed E-state index contributed by atoms with van der Waals surface area (Å²) in [6.45, 7) is 6.40. The van der Waals surface area contributed by atoms with Crippen molar-refractivity contribution in [2.45, 2.75) is 63.1 Å². The molecule has 0 atom stereocenters. The normalized spacial score (nSPS) is 17.2. The van der Waals surface area contributed by atoms with Gasteiger partial charge in [0.05, 0.1) is 0 Å². The molecule has 1 aromatic carbocycles. The quantitative estimate of drug-likeness (QED) is 0.868. The van der Waals surface area contributed by atoms with E-state index in [1.165, 1.54) is 5.56 Å². The fraction of sp³-hybridized carbons (Fsp3) is 0.588. The molecule has 21 heavy (non-hydrogen) atoms. The van der Waals surface area contributed by atoms with Gasteiger partial charge < -0.3 is 10.4 Å². The second-order valence-electron chi connectivity index (χ2n) is 6.14. The molecule has 2 N–H and O–H groups in total. The average molecular weight is 307 g/mol. The van der Waals surface area contributed by atoms with E-state index in [0.717, 1.165) is 29.8 Å². The Labute approximate surface area is 131 Å². The van der Waals surface area contributed by atoms with Crippen LogP contribution in [0.5, 0.6) is 0 Å². The van der Waals surface area contributed by atoms with Gasteiger partial charge in [-0.1, -0.05) is 26.0 Å². The third-order valence-corrected chi connectivity index (χ3v) is 5.26. The number of hydrogen-bond donors (Lipinski definition) is 2. The van der Waals surface area contributed by atoms with Crippen LogP contribution in [0, 0.1) is 6.92 Å². The lowest BCUT2D eigenvalue weighted by Crippen LogP contribution is -2.40. The maximum absolute atomic E-state index is 12.3. The van der Waals surface area contributed by atoms with Crippen LogP contribution in [0.2, 0.25) is 0 Å². The van der Waals surface area contributed by atoms with Gasteiger partial charge in [0.15, 0.2) is 0 Å². The van der Waals surface area contributed by atoms with Gasteiger partial charge >= 0.3 is 0 Å². The monoisotopic (exact) mass is 307 g/mol. The van der Waals surface area contributed by atoms with Gasteiger partial charge in [-0.15, -0.1) is 0 Å². The molecule has 3 nitrogen and oxygen atoms in total. The molecule has 1 fully saturated rings. The Bertz CT molecular complexity index is 508. The minimum absolute atomic E-state index is 0.253. The molecule has 0 saturated heterocycles. The molecule has 0 aromatic heterocycles. The van der Waals surface area contributed by atoms with E-state index in [0.29, 0.717) is 18.1 Å². The van der Waals surface area contributed by atoms with Crippen LogP contribution in [-0.4, -0.2) is 21.9 Å². The largest absolute Gasteiger partial charge is 0.380 e. The SMILES string of the molecule is Cc1c(CSC(C)C)cccc1NC(=O)C1(O)CCCC1. The molecular weight excluding hydrogens is 282 g/mol. The van der Waals surface area contributed by atoms with Crippen molar-refractivity contribution in [2.24, 2.45) is 0 Å². The Balaban J connectivity index is 2.09. The van der Waals surface area contributed by atoms with Crippen molar-refractivity contribution in [3.05, 3.63) is 29.3 Å². The molecule has 0 unspecified atom stereocenters. The standard InChI is InChI=1S/C17H25NO2S/c1-12(2)21-11-14-7-6-8-15(13(14)3)18-16(19)17(20)9-4-5-10-17/h6-8,12,20H,4-5,9-11H2,1-3H3,(H,18,19). The van der Waals surface area contributed by atoms with Gasteiger partial charge in [0, 0.05) is 11.4 Å². The van der Waals surface area contributed by atoms with Gasteiger partial charge in [0.2, 0.25) is 0 Å². The second kappa shape index (κ2) is 6.84. The van der Waals surface area contributed by atoms with Gasteiger partial charge in [0.1, 0.15) is 5.60 Å². The summed E-state index contributed by atoms with van der Waals surface area (Å²) in [4.78, 5) is 12.3. The molecule has 0 aliphatic heterocycles. The van der Waals surface area contributed by atoms with Crippen LogP contribution >= 0.6 is 11.8 Å². The number of rotatable bonds is 5. The van der Waals surface area contributed by atoms with Crippen molar-refractivity contribution >= 4 is 23.4 Å². The van der Waals surface area contributed by atoms with Crippen LogP contribution < -0.4 is 5.32 Å². The molecule has 0 spiro atoms. The number of amides is 1. The summed E-state index contributed by atoms with van der Waals surface area (Å²) in [6, 6.07) is 5.98. The van der Waals surface area contributed by atoms with E-state index in [1.54, 1.807) is 0 Å². The van der Waals surface area contributed by atoms with Crippen LogP contribution in [0.4, 0.5) is 5.69 Å². The zero-order valence-corrected chi connectivity index (χ0v) is 13.9. The summed E-state index contributed by atoms with van der Waals surface area (Å²) in [5, 5.41) is 13.8. The van der Waals surface area contributed by atoms with E-state index in [-0.39, 0.29) is 5.91 Å². The molecule has 2 rings (SSSR count). The molecule has 1 aliphatic carbocycles. The summed E-state index contributed by atoms with van der Waals surface area (Å²) < 4.78 is 0. The topological polar surface area (TPSA) is 49.3 Å².